The molecule has 0 aromatic carbocycles. The molecule has 6 heteroatoms. The Balaban J connectivity index is 2.38. The SMILES string of the molecule is O=c1onc(-c2cccnc2)n1CCCO. The van der Waals surface area contributed by atoms with Crippen LogP contribution in [0.3, 0.4) is 0 Å². The van der Waals surface area contributed by atoms with E-state index in [4.69, 9.17) is 5.11 Å². The van der Waals surface area contributed by atoms with Crippen molar-refractivity contribution in [3.05, 3.63) is 35.1 Å². The van der Waals surface area contributed by atoms with Gasteiger partial charge < -0.3 is 5.11 Å². The molecule has 0 amide bonds. The molecule has 2 aromatic rings. The first kappa shape index (κ1) is 10.6. The summed E-state index contributed by atoms with van der Waals surface area (Å²) in [5.41, 5.74) is 0.714. The largest absolute Gasteiger partial charge is 0.441 e. The van der Waals surface area contributed by atoms with Gasteiger partial charge in [0, 0.05) is 31.1 Å². The molecule has 1 N–H and O–H groups in total. The van der Waals surface area contributed by atoms with Crippen LogP contribution in [0.15, 0.2) is 33.8 Å². The lowest BCUT2D eigenvalue weighted by molar-refractivity contribution is 0.277. The average molecular weight is 221 g/mol. The van der Waals surface area contributed by atoms with Crippen molar-refractivity contribution in [3.8, 4) is 11.4 Å². The van der Waals surface area contributed by atoms with Crippen LogP contribution in [-0.4, -0.2) is 26.4 Å². The Morgan fingerprint density at radius 3 is 3.06 bits per heavy atom. The molecule has 0 aliphatic carbocycles. The lowest BCUT2D eigenvalue weighted by Gasteiger charge is -2.01. The van der Waals surface area contributed by atoms with Crippen LogP contribution >= 0.6 is 0 Å². The maximum absolute atomic E-state index is 11.4. The molecule has 6 nitrogen and oxygen atoms in total. The molecule has 0 saturated heterocycles. The lowest BCUT2D eigenvalue weighted by Crippen LogP contribution is -2.16. The number of hydrogen-bond acceptors (Lipinski definition) is 5. The van der Waals surface area contributed by atoms with Crippen molar-refractivity contribution < 1.29 is 9.63 Å². The summed E-state index contributed by atoms with van der Waals surface area (Å²) in [5, 5.41) is 12.4. The molecule has 16 heavy (non-hydrogen) atoms. The fourth-order valence-electron chi connectivity index (χ4n) is 1.40. The molecule has 0 aliphatic heterocycles. The quantitative estimate of drug-likeness (QED) is 0.802. The molecule has 0 unspecified atom stereocenters. The number of pyridine rings is 1. The van der Waals surface area contributed by atoms with Gasteiger partial charge in [0.25, 0.3) is 0 Å². The van der Waals surface area contributed by atoms with Crippen LogP contribution in [0, 0.1) is 0 Å². The zero-order valence-corrected chi connectivity index (χ0v) is 8.54. The first-order valence-corrected chi connectivity index (χ1v) is 4.90. The van der Waals surface area contributed by atoms with E-state index in [9.17, 15) is 4.79 Å². The van der Waals surface area contributed by atoms with E-state index in [1.54, 1.807) is 24.5 Å². The molecule has 2 rings (SSSR count). The fraction of sp³-hybridized carbons (Fsp3) is 0.300. The highest BCUT2D eigenvalue weighted by Gasteiger charge is 2.11. The van der Waals surface area contributed by atoms with E-state index in [2.05, 4.69) is 14.7 Å². The van der Waals surface area contributed by atoms with Crippen molar-refractivity contribution >= 4 is 0 Å². The summed E-state index contributed by atoms with van der Waals surface area (Å²) in [7, 11) is 0. The van der Waals surface area contributed by atoms with Crippen LogP contribution in [0.5, 0.6) is 0 Å². The first-order valence-electron chi connectivity index (χ1n) is 4.90. The van der Waals surface area contributed by atoms with Gasteiger partial charge in [0.15, 0.2) is 5.82 Å². The Bertz CT molecular complexity index is 504. The third-order valence-electron chi connectivity index (χ3n) is 2.15. The molecular formula is C10H11N3O3. The van der Waals surface area contributed by atoms with Crippen molar-refractivity contribution in [2.24, 2.45) is 0 Å². The second-order valence-corrected chi connectivity index (χ2v) is 3.24. The average Bonchev–Trinajstić information content (AvgIpc) is 2.69. The molecule has 0 saturated carbocycles. The summed E-state index contributed by atoms with van der Waals surface area (Å²) < 4.78 is 5.98. The molecule has 0 bridgehead atoms. The van der Waals surface area contributed by atoms with Crippen molar-refractivity contribution in [3.63, 3.8) is 0 Å². The van der Waals surface area contributed by atoms with E-state index in [0.29, 0.717) is 24.4 Å². The van der Waals surface area contributed by atoms with Gasteiger partial charge in [-0.15, -0.1) is 0 Å². The van der Waals surface area contributed by atoms with E-state index < -0.39 is 5.76 Å². The number of rotatable bonds is 4. The van der Waals surface area contributed by atoms with Gasteiger partial charge in [0.05, 0.1) is 0 Å². The van der Waals surface area contributed by atoms with Crippen LogP contribution < -0.4 is 5.76 Å². The summed E-state index contributed by atoms with van der Waals surface area (Å²) in [6, 6.07) is 3.55. The minimum atomic E-state index is -0.521. The molecule has 0 fully saturated rings. The summed E-state index contributed by atoms with van der Waals surface area (Å²) in [4.78, 5) is 15.3. The second kappa shape index (κ2) is 4.71. The predicted octanol–water partition coefficient (Wildman–Crippen LogP) is 0.281. The molecule has 0 spiro atoms. The van der Waals surface area contributed by atoms with Gasteiger partial charge in [-0.1, -0.05) is 5.16 Å². The highest BCUT2D eigenvalue weighted by molar-refractivity contribution is 5.52. The van der Waals surface area contributed by atoms with Crippen molar-refractivity contribution in [2.75, 3.05) is 6.61 Å². The third-order valence-corrected chi connectivity index (χ3v) is 2.15. The van der Waals surface area contributed by atoms with Crippen molar-refractivity contribution in [1.29, 1.82) is 0 Å². The molecule has 84 valence electrons. The first-order chi connectivity index (χ1) is 7.83. The second-order valence-electron chi connectivity index (χ2n) is 3.24. The van der Waals surface area contributed by atoms with E-state index in [1.165, 1.54) is 4.57 Å². The van der Waals surface area contributed by atoms with Gasteiger partial charge in [-0.05, 0) is 18.6 Å². The van der Waals surface area contributed by atoms with Gasteiger partial charge >= 0.3 is 5.76 Å². The zero-order chi connectivity index (χ0) is 11.4. The number of aromatic nitrogens is 3. The minimum Gasteiger partial charge on any atom is -0.396 e. The Hall–Kier alpha value is -1.95. The smallest absolute Gasteiger partial charge is 0.396 e. The predicted molar refractivity (Wildman–Crippen MR) is 55.7 cm³/mol. The topological polar surface area (TPSA) is 81.2 Å². The van der Waals surface area contributed by atoms with Crippen LogP contribution in [0.1, 0.15) is 6.42 Å². The van der Waals surface area contributed by atoms with Gasteiger partial charge in [0.2, 0.25) is 0 Å². The Kier molecular flexibility index (Phi) is 3.11. The highest BCUT2D eigenvalue weighted by Crippen LogP contribution is 2.13. The van der Waals surface area contributed by atoms with E-state index >= 15 is 0 Å². The summed E-state index contributed by atoms with van der Waals surface area (Å²) in [6.07, 6.45) is 3.72. The third kappa shape index (κ3) is 2.01. The Labute approximate surface area is 91.2 Å². The van der Waals surface area contributed by atoms with Gasteiger partial charge in [0.1, 0.15) is 0 Å². The molecule has 0 atom stereocenters. The van der Waals surface area contributed by atoms with E-state index in [1.807, 2.05) is 0 Å². The lowest BCUT2D eigenvalue weighted by atomic mass is 10.2. The Morgan fingerprint density at radius 1 is 1.50 bits per heavy atom. The number of hydrogen-bond donors (Lipinski definition) is 1. The highest BCUT2D eigenvalue weighted by atomic mass is 16.5. The molecule has 2 heterocycles. The minimum absolute atomic E-state index is 0.0180. The van der Waals surface area contributed by atoms with Gasteiger partial charge in [-0.2, -0.15) is 0 Å². The number of aliphatic hydroxyl groups is 1. The standard InChI is InChI=1S/C10H11N3O3/c14-6-2-5-13-9(12-16-10(13)15)8-3-1-4-11-7-8/h1,3-4,7,14H,2,5-6H2. The normalized spacial score (nSPS) is 10.6. The van der Waals surface area contributed by atoms with Crippen LogP contribution in [0.4, 0.5) is 0 Å². The molecule has 0 aliphatic rings. The number of nitrogens with zero attached hydrogens (tertiary/aromatic N) is 3. The van der Waals surface area contributed by atoms with Gasteiger partial charge in [-0.3, -0.25) is 14.1 Å². The van der Waals surface area contributed by atoms with E-state index in [0.717, 1.165) is 0 Å². The van der Waals surface area contributed by atoms with Crippen LogP contribution in [0.25, 0.3) is 11.4 Å². The summed E-state index contributed by atoms with van der Waals surface area (Å²) >= 11 is 0. The Morgan fingerprint density at radius 2 is 2.38 bits per heavy atom. The summed E-state index contributed by atoms with van der Waals surface area (Å²) in [5.74, 6) is -0.0844. The number of aliphatic hydroxyl groups excluding tert-OH is 1. The van der Waals surface area contributed by atoms with Crippen molar-refractivity contribution in [1.82, 2.24) is 14.7 Å². The zero-order valence-electron chi connectivity index (χ0n) is 8.54. The maximum atomic E-state index is 11.4. The van der Waals surface area contributed by atoms with Gasteiger partial charge in [-0.25, -0.2) is 4.79 Å². The maximum Gasteiger partial charge on any atom is 0.441 e. The van der Waals surface area contributed by atoms with Crippen LogP contribution in [-0.2, 0) is 6.54 Å². The molecular weight excluding hydrogens is 210 g/mol. The monoisotopic (exact) mass is 221 g/mol. The van der Waals surface area contributed by atoms with E-state index in [-0.39, 0.29) is 6.61 Å². The van der Waals surface area contributed by atoms with Crippen LogP contribution in [0.2, 0.25) is 0 Å². The molecule has 0 radical (unpaired) electrons. The summed E-state index contributed by atoms with van der Waals surface area (Å²) in [6.45, 7) is 0.396. The fourth-order valence-corrected chi connectivity index (χ4v) is 1.40. The van der Waals surface area contributed by atoms with Crippen molar-refractivity contribution in [2.45, 2.75) is 13.0 Å². The molecule has 2 aromatic heterocycles.